The Bertz CT molecular complexity index is 1180. The second kappa shape index (κ2) is 11.4. The minimum atomic E-state index is -0.533. The maximum absolute atomic E-state index is 12.5. The molecule has 0 heterocycles. The number of hydrogen-bond acceptors (Lipinski definition) is 6. The number of carbonyl (C=O) groups excluding carboxylic acids is 2. The highest BCUT2D eigenvalue weighted by molar-refractivity contribution is 6.42. The van der Waals surface area contributed by atoms with Gasteiger partial charge in [-0.15, -0.1) is 0 Å². The normalized spacial score (nSPS) is 10.7. The van der Waals surface area contributed by atoms with Crippen molar-refractivity contribution in [3.05, 3.63) is 87.4 Å². The molecule has 3 aromatic rings. The molecule has 1 N–H and O–H groups in total. The van der Waals surface area contributed by atoms with Crippen molar-refractivity contribution in [2.24, 2.45) is 5.10 Å². The zero-order valence-corrected chi connectivity index (χ0v) is 19.3. The summed E-state index contributed by atoms with van der Waals surface area (Å²) in [4.78, 5) is 24.7. The topological polar surface area (TPSA) is 86.2 Å². The van der Waals surface area contributed by atoms with Gasteiger partial charge in [0.25, 0.3) is 5.91 Å². The molecule has 0 aliphatic rings. The number of amides is 1. The molecular weight excluding hydrogens is 467 g/mol. The summed E-state index contributed by atoms with van der Waals surface area (Å²) in [6, 6.07) is 16.0. The van der Waals surface area contributed by atoms with E-state index in [0.717, 1.165) is 0 Å². The summed E-state index contributed by atoms with van der Waals surface area (Å²) in [6.45, 7) is 2.18. The SMILES string of the molecule is CCOc1cc(C=NNC(=O)c2ccc(Cl)c(Cl)c2)ccc1OC(=O)c1ccc(OC)cc1. The number of benzene rings is 3. The highest BCUT2D eigenvalue weighted by atomic mass is 35.5. The smallest absolute Gasteiger partial charge is 0.343 e. The van der Waals surface area contributed by atoms with Crippen molar-refractivity contribution in [2.45, 2.75) is 6.92 Å². The standard InChI is InChI=1S/C24H20Cl2N2O5/c1-3-32-22-12-15(14-27-28-23(29)17-7-10-19(25)20(26)13-17)4-11-21(22)33-24(30)16-5-8-18(31-2)9-6-16/h4-14H,3H2,1-2H3,(H,28,29). The highest BCUT2D eigenvalue weighted by Gasteiger charge is 2.13. The first-order valence-corrected chi connectivity index (χ1v) is 10.6. The molecule has 0 bridgehead atoms. The van der Waals surface area contributed by atoms with E-state index in [1.807, 2.05) is 6.92 Å². The molecule has 9 heteroatoms. The zero-order valence-electron chi connectivity index (χ0n) is 17.8. The summed E-state index contributed by atoms with van der Waals surface area (Å²) >= 11 is 11.8. The van der Waals surface area contributed by atoms with Crippen LogP contribution in [0.4, 0.5) is 0 Å². The molecule has 3 rings (SSSR count). The van der Waals surface area contributed by atoms with E-state index < -0.39 is 11.9 Å². The summed E-state index contributed by atoms with van der Waals surface area (Å²) in [6.07, 6.45) is 1.44. The fourth-order valence-corrected chi connectivity index (χ4v) is 3.01. The van der Waals surface area contributed by atoms with E-state index in [-0.39, 0.29) is 10.8 Å². The van der Waals surface area contributed by atoms with Crippen molar-refractivity contribution < 1.29 is 23.8 Å². The number of halogens is 2. The zero-order chi connectivity index (χ0) is 23.8. The predicted octanol–water partition coefficient (Wildman–Crippen LogP) is 5.38. The first kappa shape index (κ1) is 24.1. The van der Waals surface area contributed by atoms with Gasteiger partial charge in [0.1, 0.15) is 5.75 Å². The maximum Gasteiger partial charge on any atom is 0.343 e. The number of methoxy groups -OCH3 is 1. The molecule has 0 unspecified atom stereocenters. The molecule has 0 saturated heterocycles. The molecule has 0 radical (unpaired) electrons. The van der Waals surface area contributed by atoms with Crippen LogP contribution in [0.2, 0.25) is 10.0 Å². The lowest BCUT2D eigenvalue weighted by Gasteiger charge is -2.11. The number of rotatable bonds is 8. The number of carbonyl (C=O) groups is 2. The molecule has 0 aromatic heterocycles. The molecular formula is C24H20Cl2N2O5. The van der Waals surface area contributed by atoms with Gasteiger partial charge in [0.15, 0.2) is 11.5 Å². The van der Waals surface area contributed by atoms with Gasteiger partial charge in [-0.3, -0.25) is 4.79 Å². The first-order chi connectivity index (χ1) is 15.9. The van der Waals surface area contributed by atoms with Crippen molar-refractivity contribution in [2.75, 3.05) is 13.7 Å². The van der Waals surface area contributed by atoms with E-state index in [0.29, 0.717) is 39.8 Å². The van der Waals surface area contributed by atoms with Gasteiger partial charge in [-0.2, -0.15) is 5.10 Å². The highest BCUT2D eigenvalue weighted by Crippen LogP contribution is 2.29. The molecule has 33 heavy (non-hydrogen) atoms. The molecule has 0 aliphatic carbocycles. The van der Waals surface area contributed by atoms with Crippen LogP contribution in [-0.4, -0.2) is 31.8 Å². The van der Waals surface area contributed by atoms with Gasteiger partial charge >= 0.3 is 5.97 Å². The van der Waals surface area contributed by atoms with Crippen molar-refractivity contribution in [3.63, 3.8) is 0 Å². The van der Waals surface area contributed by atoms with Gasteiger partial charge in [-0.05, 0) is 73.2 Å². The molecule has 0 aliphatic heterocycles. The van der Waals surface area contributed by atoms with Gasteiger partial charge in [-0.1, -0.05) is 23.2 Å². The van der Waals surface area contributed by atoms with Crippen LogP contribution in [0, 0.1) is 0 Å². The van der Waals surface area contributed by atoms with Crippen LogP contribution in [0.15, 0.2) is 65.8 Å². The van der Waals surface area contributed by atoms with Crippen molar-refractivity contribution in [3.8, 4) is 17.2 Å². The van der Waals surface area contributed by atoms with Crippen LogP contribution >= 0.6 is 23.2 Å². The number of nitrogens with zero attached hydrogens (tertiary/aromatic N) is 1. The Kier molecular flexibility index (Phi) is 8.29. The summed E-state index contributed by atoms with van der Waals surface area (Å²) in [7, 11) is 1.55. The van der Waals surface area contributed by atoms with Crippen molar-refractivity contribution in [1.82, 2.24) is 5.43 Å². The quantitative estimate of drug-likeness (QED) is 0.200. The van der Waals surface area contributed by atoms with Gasteiger partial charge < -0.3 is 14.2 Å². The molecule has 3 aromatic carbocycles. The number of ether oxygens (including phenoxy) is 3. The van der Waals surface area contributed by atoms with E-state index >= 15 is 0 Å². The molecule has 0 spiro atoms. The van der Waals surface area contributed by atoms with E-state index in [9.17, 15) is 9.59 Å². The van der Waals surface area contributed by atoms with E-state index in [1.54, 1.807) is 49.6 Å². The van der Waals surface area contributed by atoms with E-state index in [4.69, 9.17) is 37.4 Å². The lowest BCUT2D eigenvalue weighted by Crippen LogP contribution is -2.17. The predicted molar refractivity (Wildman–Crippen MR) is 127 cm³/mol. The molecule has 0 saturated carbocycles. The Hall–Kier alpha value is -3.55. The average molecular weight is 487 g/mol. The molecule has 1 amide bonds. The van der Waals surface area contributed by atoms with E-state index in [2.05, 4.69) is 10.5 Å². The number of hydrazone groups is 1. The summed E-state index contributed by atoms with van der Waals surface area (Å²) in [5, 5.41) is 4.58. The number of hydrogen-bond donors (Lipinski definition) is 1. The van der Waals surface area contributed by atoms with Gasteiger partial charge in [-0.25, -0.2) is 10.2 Å². The number of nitrogens with one attached hydrogen (secondary N) is 1. The monoisotopic (exact) mass is 486 g/mol. The molecule has 170 valence electrons. The second-order valence-electron chi connectivity index (χ2n) is 6.59. The third-order valence-corrected chi connectivity index (χ3v) is 5.10. The summed E-state index contributed by atoms with van der Waals surface area (Å²) < 4.78 is 16.2. The Labute approximate surface area is 200 Å². The third kappa shape index (κ3) is 6.47. The molecule has 7 nitrogen and oxygen atoms in total. The van der Waals surface area contributed by atoms with Gasteiger partial charge in [0.05, 0.1) is 35.5 Å². The lowest BCUT2D eigenvalue weighted by molar-refractivity contribution is 0.0728. The second-order valence-corrected chi connectivity index (χ2v) is 7.40. The fourth-order valence-electron chi connectivity index (χ4n) is 2.71. The lowest BCUT2D eigenvalue weighted by atomic mass is 10.2. The van der Waals surface area contributed by atoms with Crippen LogP contribution in [-0.2, 0) is 0 Å². The van der Waals surface area contributed by atoms with Gasteiger partial charge in [0.2, 0.25) is 0 Å². The van der Waals surface area contributed by atoms with Crippen LogP contribution in [0.5, 0.6) is 17.2 Å². The molecule has 0 fully saturated rings. The summed E-state index contributed by atoms with van der Waals surface area (Å²) in [5.74, 6) is 0.277. The van der Waals surface area contributed by atoms with Crippen LogP contribution in [0.1, 0.15) is 33.2 Å². The van der Waals surface area contributed by atoms with Crippen LogP contribution in [0.25, 0.3) is 0 Å². The number of esters is 1. The Balaban J connectivity index is 1.69. The first-order valence-electron chi connectivity index (χ1n) is 9.82. The molecule has 0 atom stereocenters. The average Bonchev–Trinajstić information content (AvgIpc) is 2.82. The van der Waals surface area contributed by atoms with Gasteiger partial charge in [0, 0.05) is 5.56 Å². The summed E-state index contributed by atoms with van der Waals surface area (Å²) in [5.41, 5.74) is 3.72. The third-order valence-electron chi connectivity index (χ3n) is 4.36. The van der Waals surface area contributed by atoms with Crippen LogP contribution < -0.4 is 19.6 Å². The Morgan fingerprint density at radius 2 is 1.67 bits per heavy atom. The largest absolute Gasteiger partial charge is 0.497 e. The fraction of sp³-hybridized carbons (Fsp3) is 0.125. The minimum absolute atomic E-state index is 0.259. The minimum Gasteiger partial charge on any atom is -0.497 e. The van der Waals surface area contributed by atoms with Crippen molar-refractivity contribution in [1.29, 1.82) is 0 Å². The Morgan fingerprint density at radius 1 is 0.939 bits per heavy atom. The van der Waals surface area contributed by atoms with E-state index in [1.165, 1.54) is 24.4 Å². The van der Waals surface area contributed by atoms with Crippen LogP contribution in [0.3, 0.4) is 0 Å². The maximum atomic E-state index is 12.5. The Morgan fingerprint density at radius 3 is 2.33 bits per heavy atom. The van der Waals surface area contributed by atoms with Crippen molar-refractivity contribution >= 4 is 41.3 Å².